The minimum atomic E-state index is -0.878. The number of thiazole rings is 1. The number of Topliss-reactive ketones (excluding diaryl/α,β-unsaturated/α-hetero) is 1. The van der Waals surface area contributed by atoms with Crippen molar-refractivity contribution in [1.82, 2.24) is 4.98 Å². The van der Waals surface area contributed by atoms with Crippen LogP contribution in [0.1, 0.15) is 22.7 Å². The lowest BCUT2D eigenvalue weighted by Gasteiger charge is -2.23. The van der Waals surface area contributed by atoms with E-state index in [4.69, 9.17) is 9.47 Å². The topological polar surface area (TPSA) is 89.0 Å². The number of nitrogens with zero attached hydrogens (tertiary/aromatic N) is 2. The van der Waals surface area contributed by atoms with E-state index in [2.05, 4.69) is 11.6 Å². The molecule has 1 aliphatic heterocycles. The second kappa shape index (κ2) is 9.91. The monoisotopic (exact) mass is 512 g/mol. The molecule has 1 N–H and O–H groups in total. The number of aryl methyl sites for hydroxylation is 1. The van der Waals surface area contributed by atoms with Crippen LogP contribution in [-0.4, -0.2) is 35.5 Å². The third kappa shape index (κ3) is 4.47. The highest BCUT2D eigenvalue weighted by molar-refractivity contribution is 7.22. The van der Waals surface area contributed by atoms with Gasteiger partial charge in [0.1, 0.15) is 23.9 Å². The molecule has 1 unspecified atom stereocenters. The summed E-state index contributed by atoms with van der Waals surface area (Å²) in [6.07, 6.45) is 1.65. The summed E-state index contributed by atoms with van der Waals surface area (Å²) in [4.78, 5) is 32.8. The van der Waals surface area contributed by atoms with Gasteiger partial charge in [-0.15, -0.1) is 0 Å². The van der Waals surface area contributed by atoms with Gasteiger partial charge in [-0.1, -0.05) is 66.0 Å². The maximum atomic E-state index is 13.4. The molecule has 4 aromatic rings. The van der Waals surface area contributed by atoms with Gasteiger partial charge >= 0.3 is 5.91 Å². The number of hydrogen-bond donors (Lipinski definition) is 1. The van der Waals surface area contributed by atoms with Crippen LogP contribution in [0.4, 0.5) is 5.13 Å². The second-order valence-corrected chi connectivity index (χ2v) is 9.54. The van der Waals surface area contributed by atoms with Crippen LogP contribution in [-0.2, 0) is 9.59 Å². The molecule has 186 valence electrons. The predicted molar refractivity (Wildman–Crippen MR) is 144 cm³/mol. The Morgan fingerprint density at radius 3 is 2.46 bits per heavy atom. The molecule has 2 heterocycles. The van der Waals surface area contributed by atoms with Crippen molar-refractivity contribution in [2.75, 3.05) is 18.6 Å². The minimum Gasteiger partial charge on any atom is -0.507 e. The molecule has 0 aliphatic carbocycles. The molecule has 1 atom stereocenters. The molecular formula is C29H24N2O5S. The summed E-state index contributed by atoms with van der Waals surface area (Å²) in [5, 5.41) is 11.6. The van der Waals surface area contributed by atoms with E-state index in [1.165, 1.54) is 16.2 Å². The number of carbonyl (C=O) groups excluding carboxylic acids is 2. The van der Waals surface area contributed by atoms with Crippen LogP contribution in [0.25, 0.3) is 16.0 Å². The van der Waals surface area contributed by atoms with Gasteiger partial charge in [-0.3, -0.25) is 14.5 Å². The highest BCUT2D eigenvalue weighted by Gasteiger charge is 2.48. The van der Waals surface area contributed by atoms with Crippen LogP contribution in [0.15, 0.2) is 85.0 Å². The van der Waals surface area contributed by atoms with Crippen LogP contribution in [0.2, 0.25) is 0 Å². The van der Waals surface area contributed by atoms with Gasteiger partial charge in [0.25, 0.3) is 5.78 Å². The van der Waals surface area contributed by atoms with E-state index in [1.54, 1.807) is 61.7 Å². The molecule has 5 rings (SSSR count). The summed E-state index contributed by atoms with van der Waals surface area (Å²) in [5.74, 6) is -0.480. The largest absolute Gasteiger partial charge is 0.507 e. The van der Waals surface area contributed by atoms with Gasteiger partial charge in [-0.05, 0) is 42.8 Å². The van der Waals surface area contributed by atoms with Crippen molar-refractivity contribution in [3.05, 3.63) is 102 Å². The Bertz CT molecular complexity index is 1540. The number of carbonyl (C=O) groups is 2. The number of hydrogen-bond acceptors (Lipinski definition) is 7. The van der Waals surface area contributed by atoms with Gasteiger partial charge in [0, 0.05) is 5.56 Å². The fourth-order valence-corrected chi connectivity index (χ4v) is 5.26. The zero-order valence-corrected chi connectivity index (χ0v) is 21.1. The molecule has 0 spiro atoms. The summed E-state index contributed by atoms with van der Waals surface area (Å²) in [6.45, 7) is 5.93. The number of aliphatic hydroxyl groups excluding tert-OH is 1. The smallest absolute Gasteiger partial charge is 0.301 e. The van der Waals surface area contributed by atoms with Gasteiger partial charge in [-0.2, -0.15) is 0 Å². The van der Waals surface area contributed by atoms with E-state index < -0.39 is 17.7 Å². The van der Waals surface area contributed by atoms with E-state index in [-0.39, 0.29) is 11.3 Å². The third-order valence-corrected chi connectivity index (χ3v) is 7.14. The molecule has 1 aromatic heterocycles. The number of anilines is 1. The molecule has 8 heteroatoms. The summed E-state index contributed by atoms with van der Waals surface area (Å²) in [6, 6.07) is 18.8. The van der Waals surface area contributed by atoms with Crippen LogP contribution >= 0.6 is 11.3 Å². The first kappa shape index (κ1) is 24.3. The molecule has 0 bridgehead atoms. The first-order valence-electron chi connectivity index (χ1n) is 11.6. The number of aromatic nitrogens is 1. The molecule has 1 saturated heterocycles. The van der Waals surface area contributed by atoms with E-state index in [1.807, 2.05) is 25.1 Å². The molecule has 7 nitrogen and oxygen atoms in total. The fraction of sp³-hybridized carbons (Fsp3) is 0.138. The average molecular weight is 513 g/mol. The van der Waals surface area contributed by atoms with Crippen molar-refractivity contribution in [2.45, 2.75) is 13.0 Å². The Morgan fingerprint density at radius 1 is 1.08 bits per heavy atom. The molecule has 1 fully saturated rings. The maximum Gasteiger partial charge on any atom is 0.301 e. The fourth-order valence-electron chi connectivity index (χ4n) is 4.24. The molecule has 3 aromatic carbocycles. The van der Waals surface area contributed by atoms with Gasteiger partial charge < -0.3 is 14.6 Å². The lowest BCUT2D eigenvalue weighted by Crippen LogP contribution is -2.29. The van der Waals surface area contributed by atoms with Crippen LogP contribution in [0.5, 0.6) is 11.5 Å². The van der Waals surface area contributed by atoms with Gasteiger partial charge in [0.2, 0.25) is 0 Å². The quantitative estimate of drug-likeness (QED) is 0.146. The van der Waals surface area contributed by atoms with Crippen LogP contribution < -0.4 is 14.4 Å². The Kier molecular flexibility index (Phi) is 6.50. The van der Waals surface area contributed by atoms with Crippen molar-refractivity contribution < 1.29 is 24.2 Å². The average Bonchev–Trinajstić information content (AvgIpc) is 3.45. The number of aliphatic hydroxyl groups is 1. The summed E-state index contributed by atoms with van der Waals surface area (Å²) >= 11 is 1.28. The highest BCUT2D eigenvalue weighted by atomic mass is 32.1. The lowest BCUT2D eigenvalue weighted by molar-refractivity contribution is -0.132. The van der Waals surface area contributed by atoms with Crippen molar-refractivity contribution >= 4 is 44.1 Å². The van der Waals surface area contributed by atoms with E-state index in [9.17, 15) is 14.7 Å². The number of fused-ring (bicyclic) bond motifs is 1. The Hall–Kier alpha value is -4.43. The van der Waals surface area contributed by atoms with E-state index in [0.717, 1.165) is 10.3 Å². The van der Waals surface area contributed by atoms with E-state index in [0.29, 0.717) is 39.9 Å². The predicted octanol–water partition coefficient (Wildman–Crippen LogP) is 5.80. The normalized spacial score (nSPS) is 16.8. The standard InChI is InChI=1S/C29H24N2O5S/c1-4-15-36-20-11-9-18(10-12-20)25-24(26(32)19-7-5-17(2)6-8-19)27(33)28(34)31(25)29-30-22-14-13-21(35-3)16-23(22)37-29/h4-14,16,25,32H,1,15H2,2-3H3/b26-24+. The Labute approximate surface area is 217 Å². The lowest BCUT2D eigenvalue weighted by atomic mass is 9.95. The van der Waals surface area contributed by atoms with Crippen LogP contribution in [0, 0.1) is 6.92 Å². The van der Waals surface area contributed by atoms with Gasteiger partial charge in [0.05, 0.1) is 28.9 Å². The third-order valence-electron chi connectivity index (χ3n) is 6.12. The molecule has 1 amide bonds. The van der Waals surface area contributed by atoms with Gasteiger partial charge in [0.15, 0.2) is 5.13 Å². The second-order valence-electron chi connectivity index (χ2n) is 8.53. The number of ether oxygens (including phenoxy) is 2. The first-order chi connectivity index (χ1) is 17.9. The molecule has 1 aliphatic rings. The number of methoxy groups -OCH3 is 1. The zero-order chi connectivity index (χ0) is 26.1. The van der Waals surface area contributed by atoms with Crippen molar-refractivity contribution in [2.24, 2.45) is 0 Å². The van der Waals surface area contributed by atoms with Crippen molar-refractivity contribution in [3.8, 4) is 11.5 Å². The Morgan fingerprint density at radius 2 is 1.78 bits per heavy atom. The maximum absolute atomic E-state index is 13.4. The summed E-state index contributed by atoms with van der Waals surface area (Å²) < 4.78 is 11.7. The molecule has 0 radical (unpaired) electrons. The highest BCUT2D eigenvalue weighted by Crippen LogP contribution is 2.44. The number of ketones is 1. The van der Waals surface area contributed by atoms with Crippen LogP contribution in [0.3, 0.4) is 0 Å². The number of rotatable bonds is 7. The number of benzene rings is 3. The Balaban J connectivity index is 1.67. The number of amides is 1. The van der Waals surface area contributed by atoms with Crippen molar-refractivity contribution in [3.63, 3.8) is 0 Å². The molecule has 37 heavy (non-hydrogen) atoms. The molecule has 0 saturated carbocycles. The van der Waals surface area contributed by atoms with E-state index >= 15 is 0 Å². The minimum absolute atomic E-state index is 0.00505. The molecular weight excluding hydrogens is 488 g/mol. The summed E-state index contributed by atoms with van der Waals surface area (Å²) in [7, 11) is 1.58. The van der Waals surface area contributed by atoms with Crippen molar-refractivity contribution in [1.29, 1.82) is 0 Å². The first-order valence-corrected chi connectivity index (χ1v) is 12.4. The van der Waals surface area contributed by atoms with Gasteiger partial charge in [-0.25, -0.2) is 4.98 Å². The summed E-state index contributed by atoms with van der Waals surface area (Å²) in [5.41, 5.74) is 2.77. The SMILES string of the molecule is C=CCOc1ccc(C2/C(=C(\O)c3ccc(C)cc3)C(=O)C(=O)N2c2nc3ccc(OC)cc3s2)cc1. The zero-order valence-electron chi connectivity index (χ0n) is 20.3.